The summed E-state index contributed by atoms with van der Waals surface area (Å²) in [6.07, 6.45) is 0.642. The first kappa shape index (κ1) is 19.5. The van der Waals surface area contributed by atoms with Crippen LogP contribution in [0.4, 0.5) is 10.6 Å². The molecule has 132 valence electrons. The zero-order valence-corrected chi connectivity index (χ0v) is 15.7. The zero-order valence-electron chi connectivity index (χ0n) is 15.7. The molecule has 3 N–H and O–H groups in total. The third kappa shape index (κ3) is 4.96. The summed E-state index contributed by atoms with van der Waals surface area (Å²) >= 11 is 0. The molecule has 0 aromatic carbocycles. The van der Waals surface area contributed by atoms with Gasteiger partial charge in [0.1, 0.15) is 5.82 Å². The van der Waals surface area contributed by atoms with Crippen LogP contribution in [0.2, 0.25) is 0 Å². The third-order valence-corrected chi connectivity index (χ3v) is 3.90. The Bertz CT molecular complexity index is 546. The standard InChI is InChI=1S/C17H32N4O2/c1-9-17(8,11-22)19-14(23)18-13-10-12(15(2,3)4)20-21(13)16(5,6)7/h10,22H,9,11H2,1-8H3,(H2,18,19,23). The van der Waals surface area contributed by atoms with Gasteiger partial charge >= 0.3 is 6.03 Å². The first-order chi connectivity index (χ1) is 10.3. The summed E-state index contributed by atoms with van der Waals surface area (Å²) in [5.74, 6) is 0.649. The van der Waals surface area contributed by atoms with Crippen molar-refractivity contribution in [3.63, 3.8) is 0 Å². The minimum Gasteiger partial charge on any atom is -0.394 e. The second-order valence-electron chi connectivity index (χ2n) is 8.40. The van der Waals surface area contributed by atoms with E-state index in [-0.39, 0.29) is 23.6 Å². The van der Waals surface area contributed by atoms with Crippen LogP contribution in [-0.4, -0.2) is 33.1 Å². The van der Waals surface area contributed by atoms with Gasteiger partial charge in [0, 0.05) is 11.5 Å². The average molecular weight is 324 g/mol. The molecule has 0 aliphatic heterocycles. The topological polar surface area (TPSA) is 79.2 Å². The summed E-state index contributed by atoms with van der Waals surface area (Å²) in [6, 6.07) is 1.57. The van der Waals surface area contributed by atoms with Crippen LogP contribution in [0.25, 0.3) is 0 Å². The highest BCUT2D eigenvalue weighted by Gasteiger charge is 2.27. The molecule has 0 aliphatic carbocycles. The zero-order chi connectivity index (χ0) is 18.1. The predicted molar refractivity (Wildman–Crippen MR) is 93.9 cm³/mol. The molecule has 2 amide bonds. The quantitative estimate of drug-likeness (QED) is 0.795. The van der Waals surface area contributed by atoms with Crippen molar-refractivity contribution >= 4 is 11.8 Å². The van der Waals surface area contributed by atoms with Crippen LogP contribution in [0.1, 0.15) is 67.5 Å². The van der Waals surface area contributed by atoms with Crippen molar-refractivity contribution in [2.24, 2.45) is 0 Å². The van der Waals surface area contributed by atoms with Crippen LogP contribution in [0.3, 0.4) is 0 Å². The number of rotatable bonds is 4. The summed E-state index contributed by atoms with van der Waals surface area (Å²) in [6.45, 7) is 16.0. The Morgan fingerprint density at radius 2 is 1.78 bits per heavy atom. The molecule has 1 rings (SSSR count). The number of hydrogen-bond donors (Lipinski definition) is 3. The van der Waals surface area contributed by atoms with Crippen LogP contribution in [0.5, 0.6) is 0 Å². The minimum absolute atomic E-state index is 0.105. The number of amides is 2. The van der Waals surface area contributed by atoms with Gasteiger partial charge < -0.3 is 10.4 Å². The second-order valence-corrected chi connectivity index (χ2v) is 8.40. The number of anilines is 1. The van der Waals surface area contributed by atoms with Crippen molar-refractivity contribution in [3.05, 3.63) is 11.8 Å². The summed E-state index contributed by atoms with van der Waals surface area (Å²) < 4.78 is 1.83. The lowest BCUT2D eigenvalue weighted by atomic mass is 9.92. The van der Waals surface area contributed by atoms with Gasteiger partial charge in [0.2, 0.25) is 0 Å². The Labute approximate surface area is 139 Å². The molecular weight excluding hydrogens is 292 g/mol. The normalized spacial score (nSPS) is 15.2. The number of carbonyl (C=O) groups is 1. The first-order valence-electron chi connectivity index (χ1n) is 8.13. The fraction of sp³-hybridized carbons (Fsp3) is 0.765. The van der Waals surface area contributed by atoms with Gasteiger partial charge in [-0.05, 0) is 34.1 Å². The number of carbonyl (C=O) groups excluding carboxylic acids is 1. The maximum absolute atomic E-state index is 12.3. The van der Waals surface area contributed by atoms with Gasteiger partial charge in [0.05, 0.1) is 23.4 Å². The third-order valence-electron chi connectivity index (χ3n) is 3.90. The first-order valence-corrected chi connectivity index (χ1v) is 8.13. The largest absolute Gasteiger partial charge is 0.394 e. The minimum atomic E-state index is -0.635. The summed E-state index contributed by atoms with van der Waals surface area (Å²) in [7, 11) is 0. The van der Waals surface area contributed by atoms with Gasteiger partial charge in [0.15, 0.2) is 0 Å². The van der Waals surface area contributed by atoms with E-state index in [1.165, 1.54) is 0 Å². The summed E-state index contributed by atoms with van der Waals surface area (Å²) in [4.78, 5) is 12.3. The van der Waals surface area contributed by atoms with Crippen LogP contribution in [-0.2, 0) is 11.0 Å². The lowest BCUT2D eigenvalue weighted by Crippen LogP contribution is -2.50. The molecule has 6 nitrogen and oxygen atoms in total. The Balaban J connectivity index is 3.08. The van der Waals surface area contributed by atoms with Crippen LogP contribution in [0, 0.1) is 0 Å². The number of urea groups is 1. The van der Waals surface area contributed by atoms with Gasteiger partial charge in [-0.25, -0.2) is 9.48 Å². The monoisotopic (exact) mass is 324 g/mol. The van der Waals surface area contributed by atoms with Gasteiger partial charge in [-0.1, -0.05) is 27.7 Å². The van der Waals surface area contributed by atoms with Gasteiger partial charge in [-0.15, -0.1) is 0 Å². The Hall–Kier alpha value is -1.56. The maximum Gasteiger partial charge on any atom is 0.320 e. The number of hydrogen-bond acceptors (Lipinski definition) is 3. The Morgan fingerprint density at radius 1 is 1.22 bits per heavy atom. The highest BCUT2D eigenvalue weighted by molar-refractivity contribution is 5.89. The molecule has 0 fully saturated rings. The van der Waals surface area contributed by atoms with Crippen molar-refractivity contribution < 1.29 is 9.90 Å². The van der Waals surface area contributed by atoms with E-state index >= 15 is 0 Å². The predicted octanol–water partition coefficient (Wildman–Crippen LogP) is 3.22. The molecule has 1 atom stereocenters. The number of nitrogens with one attached hydrogen (secondary N) is 2. The second kappa shape index (κ2) is 6.51. The van der Waals surface area contributed by atoms with Gasteiger partial charge in [-0.2, -0.15) is 5.10 Å². The Kier molecular flexibility index (Phi) is 5.52. The molecule has 1 unspecified atom stereocenters. The van der Waals surface area contributed by atoms with Gasteiger partial charge in [-0.3, -0.25) is 5.32 Å². The highest BCUT2D eigenvalue weighted by atomic mass is 16.3. The van der Waals surface area contributed by atoms with Crippen LogP contribution in [0.15, 0.2) is 6.07 Å². The molecule has 1 heterocycles. The van der Waals surface area contributed by atoms with Crippen molar-refractivity contribution in [3.8, 4) is 0 Å². The van der Waals surface area contributed by atoms with Crippen molar-refractivity contribution in [2.75, 3.05) is 11.9 Å². The van der Waals surface area contributed by atoms with E-state index in [0.717, 1.165) is 5.69 Å². The lowest BCUT2D eigenvalue weighted by molar-refractivity contribution is 0.172. The highest BCUT2D eigenvalue weighted by Crippen LogP contribution is 2.28. The Morgan fingerprint density at radius 3 is 2.17 bits per heavy atom. The molecule has 1 aromatic heterocycles. The molecule has 0 radical (unpaired) electrons. The number of aromatic nitrogens is 2. The van der Waals surface area contributed by atoms with E-state index in [0.29, 0.717) is 12.2 Å². The molecule has 0 aliphatic rings. The summed E-state index contributed by atoms with van der Waals surface area (Å²) in [5.41, 5.74) is -0.0734. The van der Waals surface area contributed by atoms with E-state index in [4.69, 9.17) is 0 Å². The van der Waals surface area contributed by atoms with Crippen LogP contribution >= 0.6 is 0 Å². The molecular formula is C17H32N4O2. The van der Waals surface area contributed by atoms with E-state index in [1.54, 1.807) is 0 Å². The van der Waals surface area contributed by atoms with Crippen LogP contribution < -0.4 is 10.6 Å². The van der Waals surface area contributed by atoms with E-state index in [9.17, 15) is 9.90 Å². The van der Waals surface area contributed by atoms with E-state index in [1.807, 2.05) is 45.4 Å². The van der Waals surface area contributed by atoms with E-state index in [2.05, 4.69) is 36.5 Å². The van der Waals surface area contributed by atoms with Crippen molar-refractivity contribution in [2.45, 2.75) is 78.3 Å². The molecule has 1 aromatic rings. The van der Waals surface area contributed by atoms with Crippen molar-refractivity contribution in [1.29, 1.82) is 0 Å². The lowest BCUT2D eigenvalue weighted by Gasteiger charge is -2.28. The number of nitrogens with zero attached hydrogens (tertiary/aromatic N) is 2. The maximum atomic E-state index is 12.3. The molecule has 0 bridgehead atoms. The fourth-order valence-electron chi connectivity index (χ4n) is 2.01. The number of aliphatic hydroxyl groups is 1. The molecule has 0 spiro atoms. The molecule has 23 heavy (non-hydrogen) atoms. The molecule has 0 saturated carbocycles. The fourth-order valence-corrected chi connectivity index (χ4v) is 2.01. The van der Waals surface area contributed by atoms with Crippen molar-refractivity contribution in [1.82, 2.24) is 15.1 Å². The SMILES string of the molecule is CCC(C)(CO)NC(=O)Nc1cc(C(C)(C)C)nn1C(C)(C)C. The molecule has 0 saturated heterocycles. The smallest absolute Gasteiger partial charge is 0.320 e. The van der Waals surface area contributed by atoms with E-state index < -0.39 is 5.54 Å². The number of aliphatic hydroxyl groups excluding tert-OH is 1. The molecule has 6 heteroatoms. The summed E-state index contributed by atoms with van der Waals surface area (Å²) in [5, 5.41) is 19.8. The van der Waals surface area contributed by atoms with Gasteiger partial charge in [0.25, 0.3) is 0 Å². The average Bonchev–Trinajstić information content (AvgIpc) is 2.82.